The Hall–Kier alpha value is -3.20. The van der Waals surface area contributed by atoms with E-state index in [0.717, 1.165) is 0 Å². The van der Waals surface area contributed by atoms with Crippen molar-refractivity contribution in [1.29, 1.82) is 0 Å². The molecule has 0 aromatic heterocycles. The van der Waals surface area contributed by atoms with Gasteiger partial charge in [-0.15, -0.1) is 10.2 Å². The monoisotopic (exact) mass is 403 g/mol. The number of nitro groups is 1. The van der Waals surface area contributed by atoms with Crippen LogP contribution in [-0.4, -0.2) is 35.5 Å². The summed E-state index contributed by atoms with van der Waals surface area (Å²) in [7, 11) is 1.50. The Morgan fingerprint density at radius 3 is 2.38 bits per heavy atom. The molecule has 9 nitrogen and oxygen atoms in total. The normalized spacial score (nSPS) is 11.6. The van der Waals surface area contributed by atoms with E-state index in [0.29, 0.717) is 23.5 Å². The molecule has 29 heavy (non-hydrogen) atoms. The Kier molecular flexibility index (Phi) is 7.11. The number of azo groups is 1. The van der Waals surface area contributed by atoms with E-state index in [9.17, 15) is 15.2 Å². The molecule has 0 radical (unpaired) electrons. The van der Waals surface area contributed by atoms with E-state index in [1.54, 1.807) is 6.07 Å². The van der Waals surface area contributed by atoms with Crippen molar-refractivity contribution in [2.24, 2.45) is 10.2 Å². The lowest BCUT2D eigenvalue weighted by atomic mass is 9.86. The minimum atomic E-state index is -0.584. The quantitative estimate of drug-likeness (QED) is 0.282. The number of ether oxygens (including phenoxy) is 2. The van der Waals surface area contributed by atoms with E-state index in [-0.39, 0.29) is 41.4 Å². The Labute approximate surface area is 168 Å². The van der Waals surface area contributed by atoms with Gasteiger partial charge in [0.15, 0.2) is 5.69 Å². The highest BCUT2D eigenvalue weighted by Gasteiger charge is 2.22. The van der Waals surface area contributed by atoms with Crippen LogP contribution in [0, 0.1) is 10.1 Å². The van der Waals surface area contributed by atoms with E-state index in [2.05, 4.69) is 10.2 Å². The maximum atomic E-state index is 11.4. The minimum Gasteiger partial charge on any atom is -0.505 e. The van der Waals surface area contributed by atoms with Crippen LogP contribution in [-0.2, 0) is 5.41 Å². The summed E-state index contributed by atoms with van der Waals surface area (Å²) in [6.45, 7) is 6.01. The molecule has 0 saturated heterocycles. The molecule has 0 spiro atoms. The summed E-state index contributed by atoms with van der Waals surface area (Å²) >= 11 is 0. The summed E-state index contributed by atoms with van der Waals surface area (Å²) in [5.41, 5.74) is 0.125. The van der Waals surface area contributed by atoms with Crippen LogP contribution in [0.4, 0.5) is 17.1 Å². The molecule has 2 aromatic rings. The van der Waals surface area contributed by atoms with Crippen LogP contribution in [0.1, 0.15) is 32.8 Å². The van der Waals surface area contributed by atoms with Gasteiger partial charge in [-0.25, -0.2) is 0 Å². The molecule has 2 rings (SSSR count). The molecule has 0 bridgehead atoms. The zero-order valence-corrected chi connectivity index (χ0v) is 16.9. The van der Waals surface area contributed by atoms with Gasteiger partial charge in [0.1, 0.15) is 22.9 Å². The lowest BCUT2D eigenvalue weighted by Gasteiger charge is -2.21. The molecule has 2 aromatic carbocycles. The van der Waals surface area contributed by atoms with E-state index in [4.69, 9.17) is 14.6 Å². The molecule has 0 heterocycles. The van der Waals surface area contributed by atoms with Crippen LogP contribution < -0.4 is 9.47 Å². The molecule has 0 aliphatic rings. The van der Waals surface area contributed by atoms with Crippen molar-refractivity contribution in [2.45, 2.75) is 32.6 Å². The number of nitro benzene ring substituents is 1. The van der Waals surface area contributed by atoms with Gasteiger partial charge in [-0.2, -0.15) is 0 Å². The Morgan fingerprint density at radius 1 is 1.10 bits per heavy atom. The fourth-order valence-corrected chi connectivity index (χ4v) is 2.55. The SMILES string of the molecule is COc1cc(N=Nc2ccc(OCCCO)cc2[N+](=O)[O-])c(O)c(C(C)(C)C)c1. The lowest BCUT2D eigenvalue weighted by molar-refractivity contribution is -0.384. The molecular formula is C20H25N3O6. The number of rotatable bonds is 8. The van der Waals surface area contributed by atoms with Gasteiger partial charge in [0.25, 0.3) is 5.69 Å². The standard InChI is InChI=1S/C20H25N3O6/c1-20(2,3)15-10-14(28-4)11-17(19(15)25)22-21-16-7-6-13(29-9-5-8-24)12-18(16)23(26)27/h6-7,10-12,24-25H,5,8-9H2,1-4H3. The van der Waals surface area contributed by atoms with Crippen LogP contribution in [0.2, 0.25) is 0 Å². The van der Waals surface area contributed by atoms with Crippen molar-refractivity contribution in [1.82, 2.24) is 0 Å². The van der Waals surface area contributed by atoms with Crippen LogP contribution in [0.3, 0.4) is 0 Å². The molecule has 9 heteroatoms. The second-order valence-electron chi connectivity index (χ2n) is 7.33. The number of nitrogens with zero attached hydrogens (tertiary/aromatic N) is 3. The third-order valence-electron chi connectivity index (χ3n) is 4.09. The first kappa shape index (κ1) is 22.1. The highest BCUT2D eigenvalue weighted by Crippen LogP contribution is 2.42. The second-order valence-corrected chi connectivity index (χ2v) is 7.33. The fraction of sp³-hybridized carbons (Fsp3) is 0.400. The number of methoxy groups -OCH3 is 1. The number of phenolic OH excluding ortho intramolecular Hbond substituents is 1. The number of aliphatic hydroxyl groups excluding tert-OH is 1. The summed E-state index contributed by atoms with van der Waals surface area (Å²) in [5.74, 6) is 0.723. The third-order valence-corrected chi connectivity index (χ3v) is 4.09. The number of hydrogen-bond acceptors (Lipinski definition) is 8. The Morgan fingerprint density at radius 2 is 1.79 bits per heavy atom. The van der Waals surface area contributed by atoms with Gasteiger partial charge in [0.05, 0.1) is 24.7 Å². The number of phenols is 1. The molecule has 0 fully saturated rings. The molecule has 0 aliphatic heterocycles. The number of aliphatic hydroxyl groups is 1. The van der Waals surface area contributed by atoms with Crippen LogP contribution in [0.5, 0.6) is 17.2 Å². The maximum absolute atomic E-state index is 11.4. The van der Waals surface area contributed by atoms with Crippen LogP contribution >= 0.6 is 0 Å². The van der Waals surface area contributed by atoms with Gasteiger partial charge in [-0.05, 0) is 23.6 Å². The zero-order chi connectivity index (χ0) is 21.6. The van der Waals surface area contributed by atoms with Crippen molar-refractivity contribution >= 4 is 17.1 Å². The van der Waals surface area contributed by atoms with Gasteiger partial charge < -0.3 is 19.7 Å². The predicted octanol–water partition coefficient (Wildman–Crippen LogP) is 4.78. The number of hydrogen-bond donors (Lipinski definition) is 2. The predicted molar refractivity (Wildman–Crippen MR) is 108 cm³/mol. The molecule has 0 unspecified atom stereocenters. The average Bonchev–Trinajstić information content (AvgIpc) is 2.66. The number of benzene rings is 2. The molecule has 0 amide bonds. The largest absolute Gasteiger partial charge is 0.505 e. The van der Waals surface area contributed by atoms with Crippen molar-refractivity contribution < 1.29 is 24.6 Å². The maximum Gasteiger partial charge on any atom is 0.300 e. The number of aromatic hydroxyl groups is 1. The summed E-state index contributed by atoms with van der Waals surface area (Å²) in [5, 5.41) is 38.8. The van der Waals surface area contributed by atoms with Crippen LogP contribution in [0.15, 0.2) is 40.6 Å². The molecule has 0 saturated carbocycles. The van der Waals surface area contributed by atoms with Gasteiger partial charge in [-0.3, -0.25) is 10.1 Å². The minimum absolute atomic E-state index is 0.0176. The van der Waals surface area contributed by atoms with E-state index in [1.165, 1.54) is 31.4 Å². The highest BCUT2D eigenvalue weighted by molar-refractivity contribution is 5.63. The lowest BCUT2D eigenvalue weighted by Crippen LogP contribution is -2.11. The summed E-state index contributed by atoms with van der Waals surface area (Å²) in [4.78, 5) is 10.8. The van der Waals surface area contributed by atoms with Gasteiger partial charge in [0, 0.05) is 24.7 Å². The van der Waals surface area contributed by atoms with E-state index >= 15 is 0 Å². The smallest absolute Gasteiger partial charge is 0.300 e. The highest BCUT2D eigenvalue weighted by atomic mass is 16.6. The van der Waals surface area contributed by atoms with Crippen molar-refractivity contribution in [2.75, 3.05) is 20.3 Å². The first-order chi connectivity index (χ1) is 13.7. The second kappa shape index (κ2) is 9.33. The van der Waals surface area contributed by atoms with Gasteiger partial charge >= 0.3 is 0 Å². The van der Waals surface area contributed by atoms with Crippen molar-refractivity contribution in [3.63, 3.8) is 0 Å². The first-order valence-corrected chi connectivity index (χ1v) is 9.02. The summed E-state index contributed by atoms with van der Waals surface area (Å²) < 4.78 is 10.6. The topological polar surface area (TPSA) is 127 Å². The van der Waals surface area contributed by atoms with Gasteiger partial charge in [-0.1, -0.05) is 20.8 Å². The fourth-order valence-electron chi connectivity index (χ4n) is 2.55. The van der Waals surface area contributed by atoms with E-state index in [1.807, 2.05) is 20.8 Å². The first-order valence-electron chi connectivity index (χ1n) is 9.02. The molecule has 2 N–H and O–H groups in total. The zero-order valence-electron chi connectivity index (χ0n) is 16.9. The average molecular weight is 403 g/mol. The third kappa shape index (κ3) is 5.64. The molecule has 0 atom stereocenters. The van der Waals surface area contributed by atoms with Gasteiger partial charge in [0.2, 0.25) is 0 Å². The Balaban J connectivity index is 2.42. The van der Waals surface area contributed by atoms with Crippen molar-refractivity contribution in [3.05, 3.63) is 46.0 Å². The summed E-state index contributed by atoms with van der Waals surface area (Å²) in [6.07, 6.45) is 0.417. The Bertz CT molecular complexity index is 906. The molecule has 156 valence electrons. The molecular weight excluding hydrogens is 378 g/mol. The van der Waals surface area contributed by atoms with Crippen molar-refractivity contribution in [3.8, 4) is 17.2 Å². The summed E-state index contributed by atoms with van der Waals surface area (Å²) in [6, 6.07) is 7.42. The van der Waals surface area contributed by atoms with E-state index < -0.39 is 4.92 Å². The van der Waals surface area contributed by atoms with Crippen LogP contribution in [0.25, 0.3) is 0 Å². The molecule has 0 aliphatic carbocycles.